The average Bonchev–Trinajstić information content (AvgIpc) is 3.28. The van der Waals surface area contributed by atoms with E-state index >= 15 is 0 Å². The minimum atomic E-state index is -1.26. The van der Waals surface area contributed by atoms with Crippen LogP contribution in [0, 0.1) is 0 Å². The Hall–Kier alpha value is -3.92. The highest BCUT2D eigenvalue weighted by atomic mass is 16.4. The zero-order valence-corrected chi connectivity index (χ0v) is 15.3. The van der Waals surface area contributed by atoms with Crippen LogP contribution in [0.25, 0.3) is 10.9 Å². The smallest absolute Gasteiger partial charge is 0.328 e. The van der Waals surface area contributed by atoms with Gasteiger partial charge in [0.2, 0.25) is 0 Å². The number of carboxylic acid groups (broad SMARTS) is 3. The van der Waals surface area contributed by atoms with Gasteiger partial charge in [-0.3, -0.25) is 4.79 Å². The normalized spacial score (nSPS) is 10.2. The molecule has 3 aromatic rings. The van der Waals surface area contributed by atoms with Crippen LogP contribution in [0.2, 0.25) is 0 Å². The highest BCUT2D eigenvalue weighted by Gasteiger charge is 2.09. The summed E-state index contributed by atoms with van der Waals surface area (Å²) in [4.78, 5) is 33.9. The second kappa shape index (κ2) is 11.0. The molecule has 1 aromatic carbocycles. The van der Waals surface area contributed by atoms with Crippen molar-refractivity contribution in [1.82, 2.24) is 14.1 Å². The first-order valence-electron chi connectivity index (χ1n) is 8.25. The second-order valence-corrected chi connectivity index (χ2v) is 5.75. The maximum Gasteiger partial charge on any atom is 0.328 e. The summed E-state index contributed by atoms with van der Waals surface area (Å²) < 4.78 is 4.01. The van der Waals surface area contributed by atoms with Gasteiger partial charge in [0.1, 0.15) is 0 Å². The number of aromatic nitrogens is 3. The highest BCUT2D eigenvalue weighted by molar-refractivity contribution is 5.89. The van der Waals surface area contributed by atoms with Crippen LogP contribution >= 0.6 is 0 Å². The minimum Gasteiger partial charge on any atom is -0.481 e. The summed E-state index contributed by atoms with van der Waals surface area (Å²) in [5.41, 5.74) is 2.24. The molecule has 29 heavy (non-hydrogen) atoms. The first-order valence-corrected chi connectivity index (χ1v) is 8.25. The van der Waals surface area contributed by atoms with Gasteiger partial charge in [0.05, 0.1) is 19.3 Å². The zero-order valence-electron chi connectivity index (χ0n) is 15.3. The number of benzene rings is 1. The first kappa shape index (κ1) is 23.1. The average molecular weight is 403 g/mol. The molecule has 154 valence electrons. The molecule has 0 spiro atoms. The van der Waals surface area contributed by atoms with Gasteiger partial charge in [0, 0.05) is 48.2 Å². The molecule has 0 saturated carbocycles. The van der Waals surface area contributed by atoms with Crippen molar-refractivity contribution in [2.45, 2.75) is 19.5 Å². The molecule has 0 aliphatic carbocycles. The predicted octanol–water partition coefficient (Wildman–Crippen LogP) is 1.25. The van der Waals surface area contributed by atoms with Gasteiger partial charge in [-0.25, -0.2) is 14.6 Å². The van der Waals surface area contributed by atoms with Crippen molar-refractivity contribution in [3.05, 3.63) is 66.9 Å². The molecular weight excluding hydrogens is 382 g/mol. The fourth-order valence-corrected chi connectivity index (χ4v) is 2.57. The van der Waals surface area contributed by atoms with Gasteiger partial charge in [-0.2, -0.15) is 0 Å². The number of para-hydroxylation sites is 1. The lowest BCUT2D eigenvalue weighted by Gasteiger charge is -2.01. The molecule has 0 radical (unpaired) electrons. The number of nitrogens with zero attached hydrogens (tertiary/aromatic N) is 3. The molecule has 0 bridgehead atoms. The van der Waals surface area contributed by atoms with Crippen LogP contribution in [0.3, 0.4) is 0 Å². The van der Waals surface area contributed by atoms with Crippen LogP contribution in [0.1, 0.15) is 12.0 Å². The number of carbonyl (C=O) groups is 3. The molecule has 10 nitrogen and oxygen atoms in total. The summed E-state index contributed by atoms with van der Waals surface area (Å²) in [7, 11) is 0. The summed E-state index contributed by atoms with van der Waals surface area (Å²) in [6.07, 6.45) is 8.73. The topological polar surface area (TPSA) is 166 Å². The molecule has 0 unspecified atom stereocenters. The Kier molecular flexibility index (Phi) is 8.80. The lowest BCUT2D eigenvalue weighted by Crippen LogP contribution is -2.03. The molecule has 0 amide bonds. The van der Waals surface area contributed by atoms with Crippen molar-refractivity contribution >= 4 is 28.8 Å². The standard InChI is InChI=1S/C15H15N3O2.C4H4O4.H2O/c19-15(20)5-7-18-10-12(9-17-8-6-16-11-17)13-3-1-2-4-14(13)18;5-3(6)1-2-4(7)8;/h1-4,6,8,10-11H,5,7,9H2,(H,19,20);1-2H,(H,5,6)(H,7,8);1H2. The molecule has 0 saturated heterocycles. The number of carboxylic acids is 3. The third kappa shape index (κ3) is 7.31. The number of hydrogen-bond donors (Lipinski definition) is 3. The van der Waals surface area contributed by atoms with Gasteiger partial charge in [-0.15, -0.1) is 0 Å². The van der Waals surface area contributed by atoms with Gasteiger partial charge >= 0.3 is 17.9 Å². The summed E-state index contributed by atoms with van der Waals surface area (Å²) >= 11 is 0. The molecular formula is C19H21N3O7. The van der Waals surface area contributed by atoms with Crippen LogP contribution in [0.5, 0.6) is 0 Å². The number of aliphatic carboxylic acids is 3. The lowest BCUT2D eigenvalue weighted by atomic mass is 10.2. The monoisotopic (exact) mass is 403 g/mol. The maximum absolute atomic E-state index is 10.7. The molecule has 0 fully saturated rings. The van der Waals surface area contributed by atoms with Crippen LogP contribution < -0.4 is 0 Å². The van der Waals surface area contributed by atoms with Crippen molar-refractivity contribution in [1.29, 1.82) is 0 Å². The van der Waals surface area contributed by atoms with E-state index in [0.29, 0.717) is 18.7 Å². The summed E-state index contributed by atoms with van der Waals surface area (Å²) in [5.74, 6) is -3.29. The third-order valence-electron chi connectivity index (χ3n) is 3.72. The summed E-state index contributed by atoms with van der Waals surface area (Å²) in [6.45, 7) is 1.22. The Bertz CT molecular complexity index is 975. The zero-order chi connectivity index (χ0) is 20.5. The van der Waals surface area contributed by atoms with Gasteiger partial charge in [-0.1, -0.05) is 18.2 Å². The molecule has 3 rings (SSSR count). The van der Waals surface area contributed by atoms with E-state index in [9.17, 15) is 14.4 Å². The minimum absolute atomic E-state index is 0. The third-order valence-corrected chi connectivity index (χ3v) is 3.72. The van der Waals surface area contributed by atoms with Crippen LogP contribution in [-0.2, 0) is 27.5 Å². The predicted molar refractivity (Wildman–Crippen MR) is 104 cm³/mol. The quantitative estimate of drug-likeness (QED) is 0.499. The van der Waals surface area contributed by atoms with Crippen LogP contribution in [0.15, 0.2) is 61.3 Å². The largest absolute Gasteiger partial charge is 0.481 e. The van der Waals surface area contributed by atoms with E-state index in [2.05, 4.69) is 11.1 Å². The molecule has 2 heterocycles. The molecule has 2 aromatic heterocycles. The Morgan fingerprint density at radius 1 is 1.03 bits per heavy atom. The number of imidazole rings is 1. The second-order valence-electron chi connectivity index (χ2n) is 5.75. The first-order chi connectivity index (χ1) is 13.4. The molecule has 5 N–H and O–H groups in total. The van der Waals surface area contributed by atoms with E-state index in [4.69, 9.17) is 15.3 Å². The Labute approximate surface area is 165 Å². The molecule has 0 atom stereocenters. The van der Waals surface area contributed by atoms with Crippen LogP contribution in [-0.4, -0.2) is 52.8 Å². The lowest BCUT2D eigenvalue weighted by molar-refractivity contribution is -0.137. The van der Waals surface area contributed by atoms with Gasteiger partial charge in [-0.05, 0) is 11.6 Å². The van der Waals surface area contributed by atoms with Crippen molar-refractivity contribution in [2.24, 2.45) is 0 Å². The van der Waals surface area contributed by atoms with E-state index in [1.807, 2.05) is 39.7 Å². The number of hydrogen-bond acceptors (Lipinski definition) is 4. The number of aryl methyl sites for hydroxylation is 1. The summed E-state index contributed by atoms with van der Waals surface area (Å²) in [5, 5.41) is 25.6. The molecule has 0 aliphatic rings. The van der Waals surface area contributed by atoms with Gasteiger partial charge < -0.3 is 29.9 Å². The Morgan fingerprint density at radius 2 is 1.69 bits per heavy atom. The Balaban J connectivity index is 0.000000403. The maximum atomic E-state index is 10.7. The molecule has 10 heteroatoms. The summed E-state index contributed by atoms with van der Waals surface area (Å²) in [6, 6.07) is 8.06. The fraction of sp³-hybridized carbons (Fsp3) is 0.158. The Morgan fingerprint density at radius 3 is 2.24 bits per heavy atom. The van der Waals surface area contributed by atoms with E-state index < -0.39 is 17.9 Å². The van der Waals surface area contributed by atoms with E-state index in [-0.39, 0.29) is 11.9 Å². The SMILES string of the molecule is O.O=C(O)C=CC(=O)O.O=C(O)CCn1cc(Cn2ccnc2)c2ccccc21. The van der Waals surface area contributed by atoms with Crippen molar-refractivity contribution < 1.29 is 35.2 Å². The molecule has 0 aliphatic heterocycles. The highest BCUT2D eigenvalue weighted by Crippen LogP contribution is 2.22. The van der Waals surface area contributed by atoms with Crippen LogP contribution in [0.4, 0.5) is 0 Å². The van der Waals surface area contributed by atoms with E-state index in [1.165, 1.54) is 5.56 Å². The van der Waals surface area contributed by atoms with Crippen molar-refractivity contribution in [3.8, 4) is 0 Å². The van der Waals surface area contributed by atoms with Crippen molar-refractivity contribution in [2.75, 3.05) is 0 Å². The van der Waals surface area contributed by atoms with E-state index in [0.717, 1.165) is 17.4 Å². The van der Waals surface area contributed by atoms with E-state index in [1.54, 1.807) is 12.5 Å². The van der Waals surface area contributed by atoms with Crippen molar-refractivity contribution in [3.63, 3.8) is 0 Å². The number of rotatable bonds is 7. The van der Waals surface area contributed by atoms with Gasteiger partial charge in [0.15, 0.2) is 0 Å². The van der Waals surface area contributed by atoms with Gasteiger partial charge in [0.25, 0.3) is 0 Å². The number of fused-ring (bicyclic) bond motifs is 1. The fourth-order valence-electron chi connectivity index (χ4n) is 2.57.